The van der Waals surface area contributed by atoms with Crippen molar-refractivity contribution < 1.29 is 14.3 Å². The van der Waals surface area contributed by atoms with Crippen LogP contribution in [0.5, 0.6) is 0 Å². The Morgan fingerprint density at radius 1 is 1.15 bits per heavy atom. The van der Waals surface area contributed by atoms with Crippen molar-refractivity contribution in [3.8, 4) is 0 Å². The van der Waals surface area contributed by atoms with E-state index in [1.165, 1.54) is 0 Å². The van der Waals surface area contributed by atoms with Crippen molar-refractivity contribution in [3.05, 3.63) is 34.9 Å². The Morgan fingerprint density at radius 2 is 1.80 bits per heavy atom. The fourth-order valence-corrected chi connectivity index (χ4v) is 1.84. The highest BCUT2D eigenvalue weighted by Gasteiger charge is 2.13. The Hall–Kier alpha value is -1.84. The third-order valence-electron chi connectivity index (χ3n) is 3.43. The Morgan fingerprint density at radius 3 is 2.35 bits per heavy atom. The molecule has 0 aliphatic rings. The van der Waals surface area contributed by atoms with Gasteiger partial charge in [-0.3, -0.25) is 4.79 Å². The molecule has 1 amide bonds. The molecular formula is C16H23NO3. The molecule has 1 N–H and O–H groups in total. The monoisotopic (exact) mass is 277 g/mol. The normalized spacial score (nSPS) is 10.4. The van der Waals surface area contributed by atoms with Gasteiger partial charge in [0.2, 0.25) is 0 Å². The number of benzene rings is 1. The van der Waals surface area contributed by atoms with E-state index in [2.05, 4.69) is 5.32 Å². The third kappa shape index (κ3) is 4.68. The number of nitrogens with one attached hydrogen (secondary N) is 1. The number of hydrogen-bond acceptors (Lipinski definition) is 3. The largest absolute Gasteiger partial charge is 0.452 e. The van der Waals surface area contributed by atoms with Crippen LogP contribution in [0.4, 0.5) is 0 Å². The van der Waals surface area contributed by atoms with Crippen LogP contribution in [0.3, 0.4) is 0 Å². The minimum atomic E-state index is -0.465. The molecule has 1 aromatic rings. The number of esters is 1. The minimum Gasteiger partial charge on any atom is -0.452 e. The fourth-order valence-electron chi connectivity index (χ4n) is 1.84. The molecule has 0 saturated carbocycles. The van der Waals surface area contributed by atoms with Crippen LogP contribution in [0.15, 0.2) is 18.2 Å². The summed E-state index contributed by atoms with van der Waals surface area (Å²) in [7, 11) is 0. The Labute approximate surface area is 120 Å². The lowest BCUT2D eigenvalue weighted by Gasteiger charge is -2.14. The van der Waals surface area contributed by atoms with Gasteiger partial charge in [-0.2, -0.15) is 0 Å². The molecular weight excluding hydrogens is 254 g/mol. The fraction of sp³-hybridized carbons (Fsp3) is 0.500. The number of amides is 1. The molecule has 0 radical (unpaired) electrons. The maximum atomic E-state index is 11.8. The van der Waals surface area contributed by atoms with Crippen molar-refractivity contribution in [2.24, 2.45) is 0 Å². The molecule has 0 heterocycles. The maximum Gasteiger partial charge on any atom is 0.338 e. The SMILES string of the molecule is CCC(CC)NC(=O)COC(=O)c1ccc(C)c(C)c1. The Bertz CT molecular complexity index is 479. The summed E-state index contributed by atoms with van der Waals surface area (Å²) in [6.07, 6.45) is 1.74. The van der Waals surface area contributed by atoms with E-state index in [-0.39, 0.29) is 18.6 Å². The summed E-state index contributed by atoms with van der Waals surface area (Å²) < 4.78 is 5.02. The van der Waals surface area contributed by atoms with E-state index < -0.39 is 5.97 Å². The van der Waals surface area contributed by atoms with Gasteiger partial charge in [-0.05, 0) is 49.9 Å². The lowest BCUT2D eigenvalue weighted by Crippen LogP contribution is -2.36. The van der Waals surface area contributed by atoms with Crippen molar-refractivity contribution in [2.75, 3.05) is 6.61 Å². The van der Waals surface area contributed by atoms with Crippen LogP contribution >= 0.6 is 0 Å². The van der Waals surface area contributed by atoms with Gasteiger partial charge in [0.1, 0.15) is 0 Å². The van der Waals surface area contributed by atoms with E-state index in [1.54, 1.807) is 12.1 Å². The maximum absolute atomic E-state index is 11.8. The van der Waals surface area contributed by atoms with Crippen molar-refractivity contribution in [2.45, 2.75) is 46.6 Å². The molecule has 20 heavy (non-hydrogen) atoms. The predicted molar refractivity (Wildman–Crippen MR) is 78.7 cm³/mol. The van der Waals surface area contributed by atoms with Crippen molar-refractivity contribution in [1.82, 2.24) is 5.32 Å². The molecule has 0 aromatic heterocycles. The van der Waals surface area contributed by atoms with Gasteiger partial charge >= 0.3 is 5.97 Å². The zero-order valence-corrected chi connectivity index (χ0v) is 12.7. The molecule has 0 aliphatic heterocycles. The topological polar surface area (TPSA) is 55.4 Å². The Balaban J connectivity index is 2.50. The van der Waals surface area contributed by atoms with E-state index in [0.29, 0.717) is 5.56 Å². The molecule has 0 bridgehead atoms. The summed E-state index contributed by atoms with van der Waals surface area (Å²) in [6.45, 7) is 7.70. The number of carbonyl (C=O) groups is 2. The average molecular weight is 277 g/mol. The summed E-state index contributed by atoms with van der Waals surface area (Å²) in [6, 6.07) is 5.50. The van der Waals surface area contributed by atoms with E-state index in [9.17, 15) is 9.59 Å². The Kier molecular flexibility index (Phi) is 6.22. The van der Waals surface area contributed by atoms with Gasteiger partial charge in [-0.1, -0.05) is 19.9 Å². The summed E-state index contributed by atoms with van der Waals surface area (Å²) in [5, 5.41) is 2.83. The lowest BCUT2D eigenvalue weighted by atomic mass is 10.1. The first-order valence-electron chi connectivity index (χ1n) is 7.01. The van der Waals surface area contributed by atoms with Crippen LogP contribution in [0.2, 0.25) is 0 Å². The van der Waals surface area contributed by atoms with Crippen LogP contribution in [-0.4, -0.2) is 24.5 Å². The standard InChI is InChI=1S/C16H23NO3/c1-5-14(6-2)17-15(18)10-20-16(19)13-8-7-11(3)12(4)9-13/h7-9,14H,5-6,10H2,1-4H3,(H,17,18). The highest BCUT2D eigenvalue weighted by molar-refractivity contribution is 5.91. The van der Waals surface area contributed by atoms with Gasteiger partial charge in [0, 0.05) is 6.04 Å². The van der Waals surface area contributed by atoms with E-state index in [0.717, 1.165) is 24.0 Å². The number of hydrogen-bond donors (Lipinski definition) is 1. The lowest BCUT2D eigenvalue weighted by molar-refractivity contribution is -0.125. The zero-order valence-electron chi connectivity index (χ0n) is 12.7. The quantitative estimate of drug-likeness (QED) is 0.813. The number of aryl methyl sites for hydroxylation is 2. The molecule has 0 fully saturated rings. The molecule has 0 unspecified atom stereocenters. The van der Waals surface area contributed by atoms with Crippen molar-refractivity contribution in [1.29, 1.82) is 0 Å². The number of rotatable bonds is 6. The van der Waals surface area contributed by atoms with Crippen LogP contribution < -0.4 is 5.32 Å². The highest BCUT2D eigenvalue weighted by Crippen LogP contribution is 2.10. The highest BCUT2D eigenvalue weighted by atomic mass is 16.5. The van der Waals surface area contributed by atoms with E-state index in [4.69, 9.17) is 4.74 Å². The third-order valence-corrected chi connectivity index (χ3v) is 3.43. The van der Waals surface area contributed by atoms with Crippen LogP contribution in [-0.2, 0) is 9.53 Å². The predicted octanol–water partition coefficient (Wildman–Crippen LogP) is 2.77. The van der Waals surface area contributed by atoms with Crippen molar-refractivity contribution in [3.63, 3.8) is 0 Å². The second-order valence-electron chi connectivity index (χ2n) is 4.96. The summed E-state index contributed by atoms with van der Waals surface area (Å²) in [5.74, 6) is -0.719. The van der Waals surface area contributed by atoms with E-state index in [1.807, 2.05) is 33.8 Å². The second kappa shape index (κ2) is 7.68. The summed E-state index contributed by atoms with van der Waals surface area (Å²) in [5.41, 5.74) is 2.62. The van der Waals surface area contributed by atoms with Crippen LogP contribution in [0.1, 0.15) is 48.2 Å². The molecule has 0 saturated heterocycles. The first-order chi connectivity index (χ1) is 9.47. The molecule has 4 heteroatoms. The zero-order chi connectivity index (χ0) is 15.1. The number of carbonyl (C=O) groups excluding carboxylic acids is 2. The van der Waals surface area contributed by atoms with Gasteiger partial charge in [0.15, 0.2) is 6.61 Å². The molecule has 1 aromatic carbocycles. The van der Waals surface area contributed by atoms with Gasteiger partial charge in [0.05, 0.1) is 5.56 Å². The molecule has 0 spiro atoms. The van der Waals surface area contributed by atoms with Gasteiger partial charge in [-0.25, -0.2) is 4.79 Å². The first kappa shape index (κ1) is 16.2. The van der Waals surface area contributed by atoms with E-state index >= 15 is 0 Å². The van der Waals surface area contributed by atoms with Crippen LogP contribution in [0.25, 0.3) is 0 Å². The first-order valence-corrected chi connectivity index (χ1v) is 7.01. The molecule has 110 valence electrons. The van der Waals surface area contributed by atoms with Gasteiger partial charge in [-0.15, -0.1) is 0 Å². The summed E-state index contributed by atoms with van der Waals surface area (Å²) in [4.78, 5) is 23.5. The molecule has 0 aliphatic carbocycles. The van der Waals surface area contributed by atoms with Crippen LogP contribution in [0, 0.1) is 13.8 Å². The minimum absolute atomic E-state index is 0.142. The molecule has 1 rings (SSSR count). The van der Waals surface area contributed by atoms with Gasteiger partial charge < -0.3 is 10.1 Å². The van der Waals surface area contributed by atoms with Crippen molar-refractivity contribution >= 4 is 11.9 Å². The molecule has 4 nitrogen and oxygen atoms in total. The number of ether oxygens (including phenoxy) is 1. The molecule has 0 atom stereocenters. The second-order valence-corrected chi connectivity index (χ2v) is 4.96. The smallest absolute Gasteiger partial charge is 0.338 e. The average Bonchev–Trinajstić information content (AvgIpc) is 2.45. The van der Waals surface area contributed by atoms with Gasteiger partial charge in [0.25, 0.3) is 5.91 Å². The summed E-state index contributed by atoms with van der Waals surface area (Å²) >= 11 is 0.